The summed E-state index contributed by atoms with van der Waals surface area (Å²) in [6, 6.07) is 20.9. The van der Waals surface area contributed by atoms with Gasteiger partial charge in [-0.1, -0.05) is 53.3 Å². The smallest absolute Gasteiger partial charge is 0.242 e. The number of amides is 1. The predicted octanol–water partition coefficient (Wildman–Crippen LogP) is 5.98. The molecule has 178 valence electrons. The number of benzene rings is 3. The standard InChI is InChI=1S/C25H21ClN4O3S2/c1-29-23(14-33-18-7-5-6-17(13-18)32-2)27-28-25(29)34-15-24(31)30-19-8-3-4-9-21(19)35-22-11-10-16(26)12-20(22)30/h3-13H,14-15H2,1-2H3. The maximum Gasteiger partial charge on any atom is 0.242 e. The van der Waals surface area contributed by atoms with Gasteiger partial charge in [-0.3, -0.25) is 9.69 Å². The number of methoxy groups -OCH3 is 1. The lowest BCUT2D eigenvalue weighted by atomic mass is 10.2. The Morgan fingerprint density at radius 2 is 1.80 bits per heavy atom. The molecule has 1 amide bonds. The number of para-hydroxylation sites is 1. The summed E-state index contributed by atoms with van der Waals surface area (Å²) in [5.74, 6) is 2.17. The third-order valence-electron chi connectivity index (χ3n) is 5.40. The molecule has 1 aromatic heterocycles. The molecule has 0 atom stereocenters. The average molecular weight is 525 g/mol. The van der Waals surface area contributed by atoms with Crippen molar-refractivity contribution in [1.29, 1.82) is 0 Å². The van der Waals surface area contributed by atoms with Gasteiger partial charge in [-0.2, -0.15) is 0 Å². The Balaban J connectivity index is 1.30. The molecule has 0 N–H and O–H groups in total. The van der Waals surface area contributed by atoms with Crippen molar-refractivity contribution in [2.75, 3.05) is 17.8 Å². The number of ether oxygens (including phenoxy) is 2. The van der Waals surface area contributed by atoms with Gasteiger partial charge < -0.3 is 14.0 Å². The summed E-state index contributed by atoms with van der Waals surface area (Å²) in [5, 5.41) is 9.71. The number of thioether (sulfide) groups is 1. The van der Waals surface area contributed by atoms with Gasteiger partial charge in [-0.25, -0.2) is 0 Å². The molecule has 0 spiro atoms. The van der Waals surface area contributed by atoms with Crippen LogP contribution in [0.4, 0.5) is 11.4 Å². The van der Waals surface area contributed by atoms with Crippen LogP contribution in [0.1, 0.15) is 5.82 Å². The van der Waals surface area contributed by atoms with Gasteiger partial charge in [0, 0.05) is 27.9 Å². The van der Waals surface area contributed by atoms with Crippen LogP contribution < -0.4 is 14.4 Å². The number of hydrogen-bond donors (Lipinski definition) is 0. The van der Waals surface area contributed by atoms with Gasteiger partial charge in [0.2, 0.25) is 5.91 Å². The van der Waals surface area contributed by atoms with E-state index >= 15 is 0 Å². The number of anilines is 2. The van der Waals surface area contributed by atoms with Gasteiger partial charge in [-0.05, 0) is 42.5 Å². The molecule has 0 unspecified atom stereocenters. The van der Waals surface area contributed by atoms with Crippen LogP contribution in [-0.2, 0) is 18.4 Å². The monoisotopic (exact) mass is 524 g/mol. The van der Waals surface area contributed by atoms with Crippen LogP contribution in [-0.4, -0.2) is 33.5 Å². The average Bonchev–Trinajstić information content (AvgIpc) is 3.23. The molecule has 0 aliphatic carbocycles. The highest BCUT2D eigenvalue weighted by Gasteiger charge is 2.28. The Kier molecular flexibility index (Phi) is 6.90. The minimum atomic E-state index is -0.0663. The number of fused-ring (bicyclic) bond motifs is 2. The molecule has 5 rings (SSSR count). The number of rotatable bonds is 7. The summed E-state index contributed by atoms with van der Waals surface area (Å²) in [5.41, 5.74) is 1.64. The highest BCUT2D eigenvalue weighted by Crippen LogP contribution is 2.49. The fraction of sp³-hybridized carbons (Fsp3) is 0.160. The zero-order valence-corrected chi connectivity index (χ0v) is 21.4. The number of hydrogen-bond acceptors (Lipinski definition) is 7. The zero-order chi connectivity index (χ0) is 24.4. The summed E-state index contributed by atoms with van der Waals surface area (Å²) in [4.78, 5) is 17.2. The summed E-state index contributed by atoms with van der Waals surface area (Å²) in [6.45, 7) is 0.244. The van der Waals surface area contributed by atoms with Crippen molar-refractivity contribution in [2.24, 2.45) is 7.05 Å². The second kappa shape index (κ2) is 10.2. The molecule has 35 heavy (non-hydrogen) atoms. The maximum atomic E-state index is 13.5. The number of halogens is 1. The fourth-order valence-electron chi connectivity index (χ4n) is 3.62. The van der Waals surface area contributed by atoms with E-state index in [0.29, 0.717) is 21.8 Å². The van der Waals surface area contributed by atoms with E-state index in [1.165, 1.54) is 11.8 Å². The molecule has 0 saturated heterocycles. The zero-order valence-electron chi connectivity index (χ0n) is 19.0. The third-order valence-corrected chi connectivity index (χ3v) is 7.77. The van der Waals surface area contributed by atoms with E-state index in [4.69, 9.17) is 21.1 Å². The molecule has 0 radical (unpaired) electrons. The van der Waals surface area contributed by atoms with Gasteiger partial charge in [0.15, 0.2) is 11.0 Å². The van der Waals surface area contributed by atoms with Crippen molar-refractivity contribution < 1.29 is 14.3 Å². The molecule has 2 heterocycles. The maximum absolute atomic E-state index is 13.5. The molecule has 0 fully saturated rings. The highest BCUT2D eigenvalue weighted by atomic mass is 35.5. The normalized spacial score (nSPS) is 12.1. The van der Waals surface area contributed by atoms with E-state index in [1.807, 2.05) is 78.3 Å². The van der Waals surface area contributed by atoms with Crippen LogP contribution in [0.3, 0.4) is 0 Å². The molecule has 10 heteroatoms. The topological polar surface area (TPSA) is 69.5 Å². The van der Waals surface area contributed by atoms with Crippen molar-refractivity contribution in [3.8, 4) is 11.5 Å². The van der Waals surface area contributed by atoms with Gasteiger partial charge in [0.1, 0.15) is 18.1 Å². The van der Waals surface area contributed by atoms with Crippen LogP contribution in [0.25, 0.3) is 0 Å². The lowest BCUT2D eigenvalue weighted by Gasteiger charge is -2.31. The molecule has 0 saturated carbocycles. The predicted molar refractivity (Wildman–Crippen MR) is 138 cm³/mol. The quantitative estimate of drug-likeness (QED) is 0.275. The minimum Gasteiger partial charge on any atom is -0.497 e. The summed E-state index contributed by atoms with van der Waals surface area (Å²) in [7, 11) is 3.47. The van der Waals surface area contributed by atoms with Crippen LogP contribution in [0.15, 0.2) is 81.7 Å². The van der Waals surface area contributed by atoms with E-state index in [0.717, 1.165) is 26.9 Å². The van der Waals surface area contributed by atoms with Crippen molar-refractivity contribution in [2.45, 2.75) is 21.6 Å². The number of carbonyl (C=O) groups excluding carboxylic acids is 1. The SMILES string of the molecule is COc1cccc(OCc2nnc(SCC(=O)N3c4ccccc4Sc4ccc(Cl)cc43)n2C)c1. The van der Waals surface area contributed by atoms with E-state index < -0.39 is 0 Å². The first kappa shape index (κ1) is 23.6. The van der Waals surface area contributed by atoms with Crippen molar-refractivity contribution >= 4 is 52.4 Å². The molecular formula is C25H21ClN4O3S2. The Morgan fingerprint density at radius 1 is 1.00 bits per heavy atom. The van der Waals surface area contributed by atoms with Gasteiger partial charge in [0.25, 0.3) is 0 Å². The molecule has 4 aromatic rings. The summed E-state index contributed by atoms with van der Waals surface area (Å²) in [6.07, 6.45) is 0. The Morgan fingerprint density at radius 3 is 2.66 bits per heavy atom. The lowest BCUT2D eigenvalue weighted by Crippen LogP contribution is -2.30. The number of nitrogens with zero attached hydrogens (tertiary/aromatic N) is 4. The molecule has 7 nitrogen and oxygen atoms in total. The minimum absolute atomic E-state index is 0.0663. The van der Waals surface area contributed by atoms with Crippen molar-refractivity contribution in [3.05, 3.63) is 77.6 Å². The first-order valence-electron chi connectivity index (χ1n) is 10.7. The van der Waals surface area contributed by atoms with Gasteiger partial charge in [-0.15, -0.1) is 10.2 Å². The molecule has 0 bridgehead atoms. The number of carbonyl (C=O) groups is 1. The van der Waals surface area contributed by atoms with E-state index in [9.17, 15) is 4.79 Å². The summed E-state index contributed by atoms with van der Waals surface area (Å²) >= 11 is 9.23. The fourth-order valence-corrected chi connectivity index (χ4v) is 5.61. The van der Waals surface area contributed by atoms with Gasteiger partial charge >= 0.3 is 0 Å². The van der Waals surface area contributed by atoms with Crippen LogP contribution in [0, 0.1) is 0 Å². The highest BCUT2D eigenvalue weighted by molar-refractivity contribution is 8.00. The van der Waals surface area contributed by atoms with Crippen molar-refractivity contribution in [1.82, 2.24) is 14.8 Å². The first-order valence-corrected chi connectivity index (χ1v) is 12.9. The van der Waals surface area contributed by atoms with Crippen molar-refractivity contribution in [3.63, 3.8) is 0 Å². The molecular weight excluding hydrogens is 504 g/mol. The van der Waals surface area contributed by atoms with E-state index in [2.05, 4.69) is 10.2 Å². The van der Waals surface area contributed by atoms with Gasteiger partial charge in [0.05, 0.1) is 24.2 Å². The molecule has 1 aliphatic rings. The number of aromatic nitrogens is 3. The Labute approximate surface area is 216 Å². The lowest BCUT2D eigenvalue weighted by molar-refractivity contribution is -0.115. The third kappa shape index (κ3) is 4.98. The first-order chi connectivity index (χ1) is 17.0. The second-order valence-corrected chi connectivity index (χ2v) is 10.1. The van der Waals surface area contributed by atoms with Crippen LogP contribution in [0.2, 0.25) is 5.02 Å². The van der Waals surface area contributed by atoms with E-state index in [1.54, 1.807) is 23.8 Å². The second-order valence-electron chi connectivity index (χ2n) is 7.63. The Bertz CT molecular complexity index is 1390. The Hall–Kier alpha value is -3.14. The summed E-state index contributed by atoms with van der Waals surface area (Å²) < 4.78 is 12.9. The largest absolute Gasteiger partial charge is 0.497 e. The van der Waals surface area contributed by atoms with Crippen LogP contribution >= 0.6 is 35.1 Å². The van der Waals surface area contributed by atoms with E-state index in [-0.39, 0.29) is 18.3 Å². The van der Waals surface area contributed by atoms with Crippen LogP contribution in [0.5, 0.6) is 11.5 Å². The molecule has 3 aromatic carbocycles. The molecule has 1 aliphatic heterocycles.